The fraction of sp³-hybridized carbons (Fsp3) is 0.414. The number of carbonyl (C=O) groups excluding carboxylic acids is 2. The lowest BCUT2D eigenvalue weighted by molar-refractivity contribution is -0.143. The summed E-state index contributed by atoms with van der Waals surface area (Å²) in [6, 6.07) is 3.16. The zero-order chi connectivity index (χ0) is 34.0. The summed E-state index contributed by atoms with van der Waals surface area (Å²) >= 11 is 0. The second-order valence-corrected chi connectivity index (χ2v) is 10.2. The van der Waals surface area contributed by atoms with Gasteiger partial charge in [0.15, 0.2) is 0 Å². The highest BCUT2D eigenvalue weighted by Crippen LogP contribution is 2.41. The fourth-order valence-electron chi connectivity index (χ4n) is 5.14. The van der Waals surface area contributed by atoms with Crippen LogP contribution in [0.5, 0.6) is 5.88 Å². The van der Waals surface area contributed by atoms with Crippen molar-refractivity contribution < 1.29 is 50.1 Å². The van der Waals surface area contributed by atoms with Crippen LogP contribution in [0.2, 0.25) is 0 Å². The number of amides is 1. The lowest BCUT2D eigenvalue weighted by atomic mass is 9.93. The zero-order valence-corrected chi connectivity index (χ0v) is 25.0. The molecule has 2 aromatic heterocycles. The summed E-state index contributed by atoms with van der Waals surface area (Å²) in [6.45, 7) is 3.66. The molecule has 3 heterocycles. The molecule has 3 N–H and O–H groups in total. The van der Waals surface area contributed by atoms with Gasteiger partial charge in [-0.25, -0.2) is 19.6 Å². The van der Waals surface area contributed by atoms with Gasteiger partial charge >= 0.3 is 24.4 Å². The Morgan fingerprint density at radius 3 is 2.20 bits per heavy atom. The van der Waals surface area contributed by atoms with Crippen molar-refractivity contribution in [3.63, 3.8) is 0 Å². The molecule has 2 atom stereocenters. The Bertz CT molecular complexity index is 1580. The molecule has 0 saturated carbocycles. The maximum Gasteiger partial charge on any atom is 0.416 e. The molecule has 1 amide bonds. The molecule has 3 aromatic rings. The molecule has 0 fully saturated rings. The van der Waals surface area contributed by atoms with Crippen LogP contribution in [0.1, 0.15) is 71.2 Å². The summed E-state index contributed by atoms with van der Waals surface area (Å²) in [5, 5.41) is 3.06. The minimum absolute atomic E-state index is 0.00241. The van der Waals surface area contributed by atoms with Gasteiger partial charge in [-0.3, -0.25) is 4.90 Å². The van der Waals surface area contributed by atoms with E-state index in [0.29, 0.717) is 29.9 Å². The first-order chi connectivity index (χ1) is 21.6. The van der Waals surface area contributed by atoms with Crippen molar-refractivity contribution in [3.8, 4) is 5.88 Å². The first-order valence-electron chi connectivity index (χ1n) is 13.9. The van der Waals surface area contributed by atoms with Crippen molar-refractivity contribution in [3.05, 3.63) is 64.0 Å². The molecular weight excluding hydrogens is 626 g/mol. The predicted octanol–water partition coefficient (Wildman–Crippen LogP) is 6.18. The number of anilines is 3. The monoisotopic (exact) mass is 656 g/mol. The number of hydrogen-bond acceptors (Lipinski definition) is 10. The van der Waals surface area contributed by atoms with Gasteiger partial charge in [0.25, 0.3) is 0 Å². The average molecular weight is 657 g/mol. The number of benzene rings is 1. The number of aromatic nitrogens is 3. The van der Waals surface area contributed by atoms with Gasteiger partial charge in [-0.2, -0.15) is 31.3 Å². The number of carbonyl (C=O) groups is 2. The Hall–Kier alpha value is -4.83. The number of alkyl halides is 6. The molecule has 1 aliphatic rings. The van der Waals surface area contributed by atoms with Crippen molar-refractivity contribution in [2.45, 2.75) is 57.5 Å². The first-order valence-corrected chi connectivity index (χ1v) is 13.9. The number of rotatable bonds is 8. The number of nitrogens with two attached hydrogens (primary N) is 1. The molecule has 0 spiro atoms. The summed E-state index contributed by atoms with van der Waals surface area (Å²) in [5.41, 5.74) is 2.60. The molecule has 11 nitrogen and oxygen atoms in total. The van der Waals surface area contributed by atoms with E-state index < -0.39 is 71.0 Å². The summed E-state index contributed by atoms with van der Waals surface area (Å²) in [5.74, 6) is -1.47. The van der Waals surface area contributed by atoms with Crippen LogP contribution in [0.4, 0.5) is 48.6 Å². The lowest BCUT2D eigenvalue weighted by Crippen LogP contribution is -2.46. The minimum atomic E-state index is -5.09. The summed E-state index contributed by atoms with van der Waals surface area (Å²) in [4.78, 5) is 39.9. The van der Waals surface area contributed by atoms with Crippen LogP contribution >= 0.6 is 0 Å². The fourth-order valence-corrected chi connectivity index (χ4v) is 5.14. The van der Waals surface area contributed by atoms with Gasteiger partial charge in [-0.05, 0) is 49.6 Å². The largest absolute Gasteiger partial charge is 0.481 e. The van der Waals surface area contributed by atoms with Gasteiger partial charge in [-0.1, -0.05) is 6.92 Å². The van der Waals surface area contributed by atoms with Crippen LogP contribution < -0.4 is 20.7 Å². The number of hydrogen-bond donors (Lipinski definition) is 2. The molecule has 248 valence electrons. The second kappa shape index (κ2) is 13.3. The molecule has 0 radical (unpaired) electrons. The molecule has 17 heteroatoms. The van der Waals surface area contributed by atoms with Crippen LogP contribution in [0.25, 0.3) is 0 Å². The molecular formula is C29H30F6N6O5. The van der Waals surface area contributed by atoms with Gasteiger partial charge < -0.3 is 25.3 Å². The number of nitrogens with zero attached hydrogens (tertiary/aromatic N) is 4. The maximum atomic E-state index is 13.5. The number of methoxy groups -OCH3 is 2. The van der Waals surface area contributed by atoms with Crippen LogP contribution in [-0.2, 0) is 28.2 Å². The number of nitrogen functional groups attached to an aromatic ring is 1. The summed E-state index contributed by atoms with van der Waals surface area (Å²) in [7, 11) is 2.42. The van der Waals surface area contributed by atoms with Crippen LogP contribution in [-0.4, -0.2) is 53.9 Å². The number of pyridine rings is 1. The highest BCUT2D eigenvalue weighted by atomic mass is 19.4. The van der Waals surface area contributed by atoms with Crippen LogP contribution in [0, 0.1) is 0 Å². The lowest BCUT2D eigenvalue weighted by Gasteiger charge is -2.39. The number of nitrogens with one attached hydrogen (secondary N) is 1. The molecule has 0 unspecified atom stereocenters. The number of ether oxygens (including phenoxy) is 3. The van der Waals surface area contributed by atoms with E-state index in [-0.39, 0.29) is 36.6 Å². The van der Waals surface area contributed by atoms with E-state index in [1.807, 2.05) is 6.92 Å². The van der Waals surface area contributed by atoms with E-state index in [9.17, 15) is 35.9 Å². The van der Waals surface area contributed by atoms with E-state index >= 15 is 0 Å². The number of esters is 1. The van der Waals surface area contributed by atoms with Crippen molar-refractivity contribution in [1.29, 1.82) is 0 Å². The third-order valence-corrected chi connectivity index (χ3v) is 7.21. The van der Waals surface area contributed by atoms with Gasteiger partial charge in [-0.15, -0.1) is 0 Å². The SMILES string of the molecule is CCOC(=O)N1c2ccc(OC)nc2[C@@H](Nc2nc(N)c(C(=O)OC)c(Cc3cc(C(F)(F)F)cc(C(F)(F)F)c3)n2)C[C@H]1CC. The van der Waals surface area contributed by atoms with Gasteiger partial charge in [0.2, 0.25) is 11.8 Å². The molecule has 0 saturated heterocycles. The third kappa shape index (κ3) is 7.18. The van der Waals surface area contributed by atoms with Crippen molar-refractivity contribution >= 4 is 29.5 Å². The average Bonchev–Trinajstić information content (AvgIpc) is 2.99. The van der Waals surface area contributed by atoms with Crippen LogP contribution in [0.3, 0.4) is 0 Å². The van der Waals surface area contributed by atoms with Crippen molar-refractivity contribution in [2.24, 2.45) is 0 Å². The minimum Gasteiger partial charge on any atom is -0.481 e. The van der Waals surface area contributed by atoms with E-state index in [2.05, 4.69) is 20.3 Å². The predicted molar refractivity (Wildman–Crippen MR) is 152 cm³/mol. The normalized spacial score (nSPS) is 16.4. The highest BCUT2D eigenvalue weighted by molar-refractivity contribution is 5.95. The Balaban J connectivity index is 1.81. The van der Waals surface area contributed by atoms with Gasteiger partial charge in [0, 0.05) is 18.5 Å². The van der Waals surface area contributed by atoms with E-state index in [1.54, 1.807) is 19.1 Å². The highest BCUT2D eigenvalue weighted by Gasteiger charge is 2.39. The van der Waals surface area contributed by atoms with Crippen molar-refractivity contribution in [2.75, 3.05) is 36.8 Å². The first kappa shape index (κ1) is 34.1. The standard InChI is InChI=1S/C29H30F6N6O5/c1-5-17-13-19(23-20(7-8-21(39-23)44-3)41(17)27(43)46-6-2)38-26-37-18(22(24(36)40-26)25(42)45-4)11-14-9-15(28(30,31)32)12-16(10-14)29(33,34)35/h7-10,12,17,19H,5-6,11,13H2,1-4H3,(H3,36,37,38,40)/t17-,19+/m1/s1. The molecule has 0 aliphatic carbocycles. The molecule has 1 aliphatic heterocycles. The maximum absolute atomic E-state index is 13.5. The number of halogens is 6. The van der Waals surface area contributed by atoms with E-state index in [0.717, 1.165) is 7.11 Å². The molecule has 1 aromatic carbocycles. The quantitative estimate of drug-likeness (QED) is 0.213. The number of fused-ring (bicyclic) bond motifs is 1. The Morgan fingerprint density at radius 1 is 1.00 bits per heavy atom. The summed E-state index contributed by atoms with van der Waals surface area (Å²) in [6.07, 6.45) is -10.7. The van der Waals surface area contributed by atoms with Crippen molar-refractivity contribution in [1.82, 2.24) is 15.0 Å². The topological polar surface area (TPSA) is 142 Å². The van der Waals surface area contributed by atoms with E-state index in [4.69, 9.17) is 19.9 Å². The molecule has 4 rings (SSSR count). The summed E-state index contributed by atoms with van der Waals surface area (Å²) < 4.78 is 96.5. The Labute approximate surface area is 259 Å². The van der Waals surface area contributed by atoms with Gasteiger partial charge in [0.1, 0.15) is 11.4 Å². The van der Waals surface area contributed by atoms with Gasteiger partial charge in [0.05, 0.1) is 55.1 Å². The third-order valence-electron chi connectivity index (χ3n) is 7.21. The zero-order valence-electron chi connectivity index (χ0n) is 25.0. The Kier molecular flexibility index (Phi) is 9.82. The smallest absolute Gasteiger partial charge is 0.416 e. The molecule has 0 bridgehead atoms. The van der Waals surface area contributed by atoms with Crippen LogP contribution in [0.15, 0.2) is 30.3 Å². The second-order valence-electron chi connectivity index (χ2n) is 10.2. The molecule has 46 heavy (non-hydrogen) atoms. The Morgan fingerprint density at radius 2 is 1.65 bits per heavy atom. The van der Waals surface area contributed by atoms with E-state index in [1.165, 1.54) is 12.0 Å².